The first-order valence-electron chi connectivity index (χ1n) is 12.4. The molecule has 0 N–H and O–H groups in total. The maximum atomic E-state index is 14.2. The van der Waals surface area contributed by atoms with E-state index in [-0.39, 0.29) is 16.5 Å². The van der Waals surface area contributed by atoms with Crippen molar-refractivity contribution in [2.24, 2.45) is 0 Å². The second-order valence-electron chi connectivity index (χ2n) is 9.07. The lowest BCUT2D eigenvalue weighted by atomic mass is 10.1. The van der Waals surface area contributed by atoms with Gasteiger partial charge < -0.3 is 4.90 Å². The standard InChI is InChI=1S/C31H24BrCl2N3O2/c1-2-28(36(19-20-8-4-3-5-9-20)30(38)24-17-14-22(33)18-26(24)34)29-35-27-11-7-6-10-25(27)31(39)37(29)23-15-12-21(32)13-16-23/h3-18,28H,2,19H2,1H3. The van der Waals surface area contributed by atoms with Crippen LogP contribution in [-0.2, 0) is 6.54 Å². The fourth-order valence-electron chi connectivity index (χ4n) is 4.68. The number of benzene rings is 4. The summed E-state index contributed by atoms with van der Waals surface area (Å²) in [6, 6.07) is 28.7. The number of para-hydroxylation sites is 1. The highest BCUT2D eigenvalue weighted by molar-refractivity contribution is 9.10. The highest BCUT2D eigenvalue weighted by Gasteiger charge is 2.31. The van der Waals surface area contributed by atoms with Crippen molar-refractivity contribution in [2.45, 2.75) is 25.9 Å². The number of aromatic nitrogens is 2. The molecule has 1 atom stereocenters. The van der Waals surface area contributed by atoms with Gasteiger partial charge >= 0.3 is 0 Å². The lowest BCUT2D eigenvalue weighted by Crippen LogP contribution is -2.38. The van der Waals surface area contributed by atoms with E-state index in [9.17, 15) is 9.59 Å². The third-order valence-electron chi connectivity index (χ3n) is 6.57. The van der Waals surface area contributed by atoms with E-state index in [1.165, 1.54) is 0 Å². The van der Waals surface area contributed by atoms with E-state index in [2.05, 4.69) is 15.9 Å². The predicted octanol–water partition coefficient (Wildman–Crippen LogP) is 8.25. The maximum absolute atomic E-state index is 14.2. The molecular formula is C31H24BrCl2N3O2. The van der Waals surface area contributed by atoms with Crippen LogP contribution in [0.15, 0.2) is 106 Å². The molecule has 0 spiro atoms. The Labute approximate surface area is 244 Å². The number of amides is 1. The molecule has 0 aliphatic rings. The number of hydrogen-bond donors (Lipinski definition) is 0. The molecule has 4 aromatic carbocycles. The van der Waals surface area contributed by atoms with Gasteiger partial charge in [-0.2, -0.15) is 0 Å². The van der Waals surface area contributed by atoms with Gasteiger partial charge in [-0.3, -0.25) is 14.2 Å². The second kappa shape index (κ2) is 11.7. The molecule has 0 aliphatic heterocycles. The zero-order valence-corrected chi connectivity index (χ0v) is 24.1. The van der Waals surface area contributed by atoms with Crippen LogP contribution >= 0.6 is 39.1 Å². The van der Waals surface area contributed by atoms with Crippen LogP contribution in [0.3, 0.4) is 0 Å². The Bertz CT molecular complexity index is 1710. The molecule has 39 heavy (non-hydrogen) atoms. The number of rotatable bonds is 7. The minimum Gasteiger partial charge on any atom is -0.324 e. The first-order chi connectivity index (χ1) is 18.9. The first-order valence-corrected chi connectivity index (χ1v) is 14.0. The summed E-state index contributed by atoms with van der Waals surface area (Å²) in [5.41, 5.74) is 2.29. The number of halogens is 3. The minimum absolute atomic E-state index is 0.201. The van der Waals surface area contributed by atoms with Gasteiger partial charge in [0.15, 0.2) is 0 Å². The van der Waals surface area contributed by atoms with E-state index in [0.717, 1.165) is 10.0 Å². The second-order valence-corrected chi connectivity index (χ2v) is 10.8. The number of fused-ring (bicyclic) bond motifs is 1. The van der Waals surface area contributed by atoms with Gasteiger partial charge in [-0.25, -0.2) is 4.98 Å². The van der Waals surface area contributed by atoms with Crippen molar-refractivity contribution < 1.29 is 4.79 Å². The lowest BCUT2D eigenvalue weighted by Gasteiger charge is -2.33. The Kier molecular flexibility index (Phi) is 8.17. The Morgan fingerprint density at radius 3 is 2.33 bits per heavy atom. The third-order valence-corrected chi connectivity index (χ3v) is 7.64. The van der Waals surface area contributed by atoms with Crippen molar-refractivity contribution in [2.75, 3.05) is 0 Å². The van der Waals surface area contributed by atoms with E-state index in [0.29, 0.717) is 46.0 Å². The van der Waals surface area contributed by atoms with Crippen molar-refractivity contribution in [3.05, 3.63) is 139 Å². The van der Waals surface area contributed by atoms with E-state index >= 15 is 0 Å². The molecule has 5 aromatic rings. The molecule has 0 radical (unpaired) electrons. The Morgan fingerprint density at radius 1 is 0.949 bits per heavy atom. The zero-order chi connectivity index (χ0) is 27.5. The molecule has 0 aliphatic carbocycles. The summed E-state index contributed by atoms with van der Waals surface area (Å²) in [6.07, 6.45) is 0.505. The maximum Gasteiger partial charge on any atom is 0.266 e. The third kappa shape index (κ3) is 5.64. The average Bonchev–Trinajstić information content (AvgIpc) is 2.94. The zero-order valence-electron chi connectivity index (χ0n) is 21.0. The van der Waals surface area contributed by atoms with Crippen LogP contribution < -0.4 is 5.56 Å². The SMILES string of the molecule is CCC(c1nc2ccccc2c(=O)n1-c1ccc(Br)cc1)N(Cc1ccccc1)C(=O)c1ccc(Cl)cc1Cl. The van der Waals surface area contributed by atoms with Crippen LogP contribution in [0.2, 0.25) is 10.0 Å². The van der Waals surface area contributed by atoms with Crippen LogP contribution in [0.4, 0.5) is 0 Å². The smallest absolute Gasteiger partial charge is 0.266 e. The van der Waals surface area contributed by atoms with Crippen molar-refractivity contribution in [3.63, 3.8) is 0 Å². The number of carbonyl (C=O) groups excluding carboxylic acids is 1. The number of nitrogens with zero attached hydrogens (tertiary/aromatic N) is 3. The molecule has 1 aromatic heterocycles. The van der Waals surface area contributed by atoms with Gasteiger partial charge in [0.1, 0.15) is 5.82 Å². The van der Waals surface area contributed by atoms with E-state index in [1.807, 2.05) is 79.7 Å². The normalized spacial score (nSPS) is 11.9. The molecule has 1 heterocycles. The Morgan fingerprint density at radius 2 is 1.64 bits per heavy atom. The molecule has 5 rings (SSSR count). The van der Waals surface area contributed by atoms with Crippen LogP contribution in [0.25, 0.3) is 16.6 Å². The average molecular weight is 621 g/mol. The van der Waals surface area contributed by atoms with E-state index in [4.69, 9.17) is 28.2 Å². The molecular weight excluding hydrogens is 597 g/mol. The summed E-state index contributed by atoms with van der Waals surface area (Å²) < 4.78 is 2.50. The van der Waals surface area contributed by atoms with E-state index < -0.39 is 6.04 Å². The Hall–Kier alpha value is -3.45. The van der Waals surface area contributed by atoms with Crippen LogP contribution in [0.1, 0.15) is 41.1 Å². The van der Waals surface area contributed by atoms with Crippen LogP contribution in [-0.4, -0.2) is 20.4 Å². The van der Waals surface area contributed by atoms with Crippen molar-refractivity contribution in [1.29, 1.82) is 0 Å². The summed E-state index contributed by atoms with van der Waals surface area (Å²) in [7, 11) is 0. The lowest BCUT2D eigenvalue weighted by molar-refractivity contribution is 0.0641. The van der Waals surface area contributed by atoms with Crippen molar-refractivity contribution in [1.82, 2.24) is 14.5 Å². The highest BCUT2D eigenvalue weighted by Crippen LogP contribution is 2.31. The van der Waals surface area contributed by atoms with Gasteiger partial charge in [0.25, 0.3) is 11.5 Å². The topological polar surface area (TPSA) is 55.2 Å². The number of carbonyl (C=O) groups is 1. The summed E-state index contributed by atoms with van der Waals surface area (Å²) in [6.45, 7) is 2.27. The molecule has 0 fully saturated rings. The van der Waals surface area contributed by atoms with Gasteiger partial charge in [-0.05, 0) is 66.6 Å². The summed E-state index contributed by atoms with van der Waals surface area (Å²) in [5, 5.41) is 1.20. The molecule has 0 bridgehead atoms. The molecule has 8 heteroatoms. The fraction of sp³-hybridized carbons (Fsp3) is 0.129. The van der Waals surface area contributed by atoms with Crippen LogP contribution in [0.5, 0.6) is 0 Å². The monoisotopic (exact) mass is 619 g/mol. The largest absolute Gasteiger partial charge is 0.324 e. The van der Waals surface area contributed by atoms with E-state index in [1.54, 1.807) is 33.7 Å². The Balaban J connectivity index is 1.74. The van der Waals surface area contributed by atoms with Crippen molar-refractivity contribution >= 4 is 55.9 Å². The quantitative estimate of drug-likeness (QED) is 0.184. The van der Waals surface area contributed by atoms with Gasteiger partial charge in [-0.1, -0.05) is 88.5 Å². The van der Waals surface area contributed by atoms with Gasteiger partial charge in [-0.15, -0.1) is 0 Å². The van der Waals surface area contributed by atoms with Gasteiger partial charge in [0.05, 0.1) is 33.2 Å². The summed E-state index contributed by atoms with van der Waals surface area (Å²) in [4.78, 5) is 34.8. The van der Waals surface area contributed by atoms with Crippen LogP contribution in [0, 0.1) is 0 Å². The fourth-order valence-corrected chi connectivity index (χ4v) is 5.43. The molecule has 0 saturated heterocycles. The van der Waals surface area contributed by atoms with Gasteiger partial charge in [0, 0.05) is 16.0 Å². The molecule has 1 amide bonds. The predicted molar refractivity (Wildman–Crippen MR) is 161 cm³/mol. The highest BCUT2D eigenvalue weighted by atomic mass is 79.9. The molecule has 1 unspecified atom stereocenters. The molecule has 5 nitrogen and oxygen atoms in total. The summed E-state index contributed by atoms with van der Waals surface area (Å²) in [5.74, 6) is 0.190. The summed E-state index contributed by atoms with van der Waals surface area (Å²) >= 11 is 16.1. The number of hydrogen-bond acceptors (Lipinski definition) is 3. The molecule has 0 saturated carbocycles. The molecule has 196 valence electrons. The van der Waals surface area contributed by atoms with Gasteiger partial charge in [0.2, 0.25) is 0 Å². The first kappa shape index (κ1) is 27.1. The van der Waals surface area contributed by atoms with Crippen molar-refractivity contribution in [3.8, 4) is 5.69 Å². The minimum atomic E-state index is -0.551.